The van der Waals surface area contributed by atoms with Crippen molar-refractivity contribution in [3.63, 3.8) is 0 Å². The highest BCUT2D eigenvalue weighted by molar-refractivity contribution is 5.96. The molecule has 1 heterocycles. The van der Waals surface area contributed by atoms with E-state index in [4.69, 9.17) is 15.7 Å². The van der Waals surface area contributed by atoms with E-state index in [2.05, 4.69) is 15.0 Å². The van der Waals surface area contributed by atoms with E-state index in [9.17, 15) is 0 Å². The van der Waals surface area contributed by atoms with Crippen LogP contribution in [0.5, 0.6) is 0 Å². The van der Waals surface area contributed by atoms with Gasteiger partial charge in [0.15, 0.2) is 5.84 Å². The lowest BCUT2D eigenvalue weighted by molar-refractivity contribution is 0.178. The van der Waals surface area contributed by atoms with Gasteiger partial charge in [0.1, 0.15) is 5.69 Å². The Morgan fingerprint density at radius 1 is 1.61 bits per heavy atom. The molecule has 0 unspecified atom stereocenters. The maximum absolute atomic E-state index is 8.71. The molecule has 0 aliphatic heterocycles. The first-order chi connectivity index (χ1) is 8.69. The number of aromatic nitrogens is 1. The van der Waals surface area contributed by atoms with Crippen molar-refractivity contribution >= 4 is 5.84 Å². The Balaban J connectivity index is 2.66. The zero-order valence-corrected chi connectivity index (χ0v) is 10.8. The van der Waals surface area contributed by atoms with E-state index in [0.29, 0.717) is 12.2 Å². The van der Waals surface area contributed by atoms with Gasteiger partial charge in [-0.25, -0.2) is 0 Å². The van der Waals surface area contributed by atoms with Gasteiger partial charge in [0.2, 0.25) is 0 Å². The Kier molecular flexibility index (Phi) is 6.10. The molecule has 18 heavy (non-hydrogen) atoms. The van der Waals surface area contributed by atoms with Crippen LogP contribution in [-0.4, -0.2) is 48.2 Å². The fourth-order valence-electron chi connectivity index (χ4n) is 1.69. The van der Waals surface area contributed by atoms with E-state index in [1.165, 1.54) is 0 Å². The lowest BCUT2D eigenvalue weighted by Gasteiger charge is -2.17. The second kappa shape index (κ2) is 7.62. The number of oxime groups is 1. The molecule has 3 N–H and O–H groups in total. The van der Waals surface area contributed by atoms with E-state index in [0.717, 1.165) is 25.1 Å². The molecule has 0 spiro atoms. The van der Waals surface area contributed by atoms with E-state index >= 15 is 0 Å². The summed E-state index contributed by atoms with van der Waals surface area (Å²) in [5.41, 5.74) is 7.06. The minimum Gasteiger partial charge on any atom is -0.409 e. The quantitative estimate of drug-likeness (QED) is 0.245. The molecule has 0 fully saturated rings. The normalized spacial score (nSPS) is 12.1. The van der Waals surface area contributed by atoms with Gasteiger partial charge in [0.05, 0.1) is 0 Å². The minimum atomic E-state index is 0.0379. The van der Waals surface area contributed by atoms with Crippen molar-refractivity contribution < 1.29 is 9.94 Å². The molecule has 6 heteroatoms. The SMILES string of the molecule is COCCCN(C)Cc1cccnc1/C(N)=N/O. The van der Waals surface area contributed by atoms with Crippen molar-refractivity contribution in [1.29, 1.82) is 0 Å². The molecule has 0 atom stereocenters. The van der Waals surface area contributed by atoms with Crippen molar-refractivity contribution in [3.05, 3.63) is 29.6 Å². The summed E-state index contributed by atoms with van der Waals surface area (Å²) in [5.74, 6) is 0.0379. The summed E-state index contributed by atoms with van der Waals surface area (Å²) in [6, 6.07) is 3.76. The van der Waals surface area contributed by atoms with Crippen LogP contribution in [0.4, 0.5) is 0 Å². The van der Waals surface area contributed by atoms with Crippen LogP contribution in [0.25, 0.3) is 0 Å². The van der Waals surface area contributed by atoms with Crippen molar-refractivity contribution in [2.45, 2.75) is 13.0 Å². The van der Waals surface area contributed by atoms with Crippen LogP contribution >= 0.6 is 0 Å². The summed E-state index contributed by atoms with van der Waals surface area (Å²) in [7, 11) is 3.70. The highest BCUT2D eigenvalue weighted by atomic mass is 16.5. The van der Waals surface area contributed by atoms with Crippen LogP contribution in [0.2, 0.25) is 0 Å². The van der Waals surface area contributed by atoms with Crippen LogP contribution in [0.1, 0.15) is 17.7 Å². The molecule has 100 valence electrons. The Bertz CT molecular complexity index is 395. The molecule has 6 nitrogen and oxygen atoms in total. The Hall–Kier alpha value is -1.66. The number of hydrogen-bond acceptors (Lipinski definition) is 5. The molecule has 0 bridgehead atoms. The van der Waals surface area contributed by atoms with Gasteiger partial charge >= 0.3 is 0 Å². The van der Waals surface area contributed by atoms with E-state index in [-0.39, 0.29) is 5.84 Å². The van der Waals surface area contributed by atoms with Gasteiger partial charge in [-0.15, -0.1) is 0 Å². The average molecular weight is 252 g/mol. The number of amidine groups is 1. The van der Waals surface area contributed by atoms with Crippen molar-refractivity contribution in [1.82, 2.24) is 9.88 Å². The lowest BCUT2D eigenvalue weighted by atomic mass is 10.1. The van der Waals surface area contributed by atoms with Crippen molar-refractivity contribution in [3.8, 4) is 0 Å². The number of methoxy groups -OCH3 is 1. The predicted octanol–water partition coefficient (Wildman–Crippen LogP) is 0.644. The molecular weight excluding hydrogens is 232 g/mol. The molecule has 1 aromatic rings. The number of rotatable bonds is 7. The molecule has 1 rings (SSSR count). The molecule has 1 aromatic heterocycles. The zero-order chi connectivity index (χ0) is 13.4. The second-order valence-corrected chi connectivity index (χ2v) is 4.08. The van der Waals surface area contributed by atoms with Gasteiger partial charge in [-0.1, -0.05) is 11.2 Å². The van der Waals surface area contributed by atoms with E-state index in [1.54, 1.807) is 13.3 Å². The van der Waals surface area contributed by atoms with Crippen LogP contribution in [-0.2, 0) is 11.3 Å². The highest BCUT2D eigenvalue weighted by Gasteiger charge is 2.10. The molecule has 0 aliphatic carbocycles. The van der Waals surface area contributed by atoms with Crippen LogP contribution < -0.4 is 5.73 Å². The van der Waals surface area contributed by atoms with E-state index in [1.807, 2.05) is 19.2 Å². The Morgan fingerprint density at radius 3 is 3.06 bits per heavy atom. The standard InChI is InChI=1S/C12H20N4O2/c1-16(7-4-8-18-2)9-10-5-3-6-14-11(10)12(13)15-17/h3,5-6,17H,4,7-9H2,1-2H3,(H2,13,15). The second-order valence-electron chi connectivity index (χ2n) is 4.08. The van der Waals surface area contributed by atoms with Gasteiger partial charge in [0.25, 0.3) is 0 Å². The van der Waals surface area contributed by atoms with Crippen LogP contribution in [0, 0.1) is 0 Å². The topological polar surface area (TPSA) is 84.0 Å². The third kappa shape index (κ3) is 4.31. The van der Waals surface area contributed by atoms with Gasteiger partial charge in [-0.3, -0.25) is 4.98 Å². The molecule has 0 amide bonds. The van der Waals surface area contributed by atoms with Gasteiger partial charge in [0, 0.05) is 33.0 Å². The van der Waals surface area contributed by atoms with Crippen molar-refractivity contribution in [2.24, 2.45) is 10.9 Å². The largest absolute Gasteiger partial charge is 0.409 e. The van der Waals surface area contributed by atoms with E-state index < -0.39 is 0 Å². The van der Waals surface area contributed by atoms with Crippen LogP contribution in [0.3, 0.4) is 0 Å². The zero-order valence-electron chi connectivity index (χ0n) is 10.8. The fourth-order valence-corrected chi connectivity index (χ4v) is 1.69. The first kappa shape index (κ1) is 14.4. The summed E-state index contributed by atoms with van der Waals surface area (Å²) in [6.45, 7) is 2.35. The molecule has 0 saturated heterocycles. The molecular formula is C12H20N4O2. The third-order valence-electron chi connectivity index (χ3n) is 2.57. The molecule has 0 aliphatic rings. The maximum atomic E-state index is 8.71. The number of pyridine rings is 1. The van der Waals surface area contributed by atoms with Gasteiger partial charge in [-0.2, -0.15) is 0 Å². The molecule has 0 radical (unpaired) electrons. The minimum absolute atomic E-state index is 0.0379. The van der Waals surface area contributed by atoms with Crippen LogP contribution in [0.15, 0.2) is 23.5 Å². The molecule has 0 saturated carbocycles. The summed E-state index contributed by atoms with van der Waals surface area (Å²) in [6.07, 6.45) is 2.59. The first-order valence-electron chi connectivity index (χ1n) is 5.78. The fraction of sp³-hybridized carbons (Fsp3) is 0.500. The van der Waals surface area contributed by atoms with Gasteiger partial charge < -0.3 is 20.6 Å². The average Bonchev–Trinajstić information content (AvgIpc) is 2.39. The number of hydrogen-bond donors (Lipinski definition) is 2. The summed E-state index contributed by atoms with van der Waals surface area (Å²) in [4.78, 5) is 6.27. The third-order valence-corrected chi connectivity index (χ3v) is 2.57. The summed E-state index contributed by atoms with van der Waals surface area (Å²) < 4.78 is 5.01. The first-order valence-corrected chi connectivity index (χ1v) is 5.78. The number of ether oxygens (including phenoxy) is 1. The monoisotopic (exact) mass is 252 g/mol. The summed E-state index contributed by atoms with van der Waals surface area (Å²) >= 11 is 0. The van der Waals surface area contributed by atoms with Gasteiger partial charge in [-0.05, 0) is 25.1 Å². The highest BCUT2D eigenvalue weighted by Crippen LogP contribution is 2.08. The smallest absolute Gasteiger partial charge is 0.189 e. The number of nitrogens with zero attached hydrogens (tertiary/aromatic N) is 3. The Labute approximate surface area is 107 Å². The van der Waals surface area contributed by atoms with Crippen molar-refractivity contribution in [2.75, 3.05) is 27.3 Å². The lowest BCUT2D eigenvalue weighted by Crippen LogP contribution is -2.24. The summed E-state index contributed by atoms with van der Waals surface area (Å²) in [5, 5.41) is 11.7. The molecule has 0 aromatic carbocycles. The maximum Gasteiger partial charge on any atom is 0.189 e. The predicted molar refractivity (Wildman–Crippen MR) is 69.6 cm³/mol. The number of nitrogens with two attached hydrogens (primary N) is 1. The Morgan fingerprint density at radius 2 is 2.39 bits per heavy atom.